The van der Waals surface area contributed by atoms with Crippen molar-refractivity contribution in [2.45, 2.75) is 19.9 Å². The molecule has 4 heteroatoms. The van der Waals surface area contributed by atoms with E-state index in [1.54, 1.807) is 12.5 Å². The first-order valence-corrected chi connectivity index (χ1v) is 5.63. The van der Waals surface area contributed by atoms with Gasteiger partial charge in [0.15, 0.2) is 0 Å². The third-order valence-electron chi connectivity index (χ3n) is 2.26. The molecule has 0 aliphatic heterocycles. The highest BCUT2D eigenvalue weighted by atomic mass is 14.9. The second kappa shape index (κ2) is 5.30. The maximum atomic E-state index is 4.24. The summed E-state index contributed by atoms with van der Waals surface area (Å²) in [5.74, 6) is 0.882. The number of anilines is 1. The van der Waals surface area contributed by atoms with Crippen LogP contribution < -0.4 is 5.32 Å². The van der Waals surface area contributed by atoms with Crippen LogP contribution in [0.2, 0.25) is 0 Å². The first-order chi connectivity index (χ1) is 8.25. The molecule has 2 aromatic rings. The van der Waals surface area contributed by atoms with E-state index in [4.69, 9.17) is 0 Å². The fraction of sp³-hybridized carbons (Fsp3) is 0.231. The normalized spacial score (nSPS) is 11.2. The number of nitrogens with zero attached hydrogens (tertiary/aromatic N) is 2. The molecule has 0 aliphatic rings. The quantitative estimate of drug-likeness (QED) is 0.624. The SMILES string of the molecule is CC(C)N=CNc1ccc(-c2ncc[nH]2)cc1. The highest BCUT2D eigenvalue weighted by Gasteiger charge is 1.98. The molecule has 17 heavy (non-hydrogen) atoms. The first kappa shape index (κ1) is 11.4. The van der Waals surface area contributed by atoms with Crippen molar-refractivity contribution < 1.29 is 0 Å². The Morgan fingerprint density at radius 2 is 2.06 bits per heavy atom. The number of hydrogen-bond donors (Lipinski definition) is 2. The van der Waals surface area contributed by atoms with E-state index in [0.717, 1.165) is 17.1 Å². The fourth-order valence-corrected chi connectivity index (χ4v) is 1.41. The summed E-state index contributed by atoms with van der Waals surface area (Å²) in [7, 11) is 0. The van der Waals surface area contributed by atoms with Gasteiger partial charge in [-0.3, -0.25) is 4.99 Å². The molecule has 1 aromatic carbocycles. The molecule has 4 nitrogen and oxygen atoms in total. The van der Waals surface area contributed by atoms with Gasteiger partial charge < -0.3 is 10.3 Å². The lowest BCUT2D eigenvalue weighted by Crippen LogP contribution is -1.98. The molecule has 0 fully saturated rings. The van der Waals surface area contributed by atoms with E-state index in [2.05, 4.69) is 20.3 Å². The number of hydrogen-bond acceptors (Lipinski definition) is 2. The predicted octanol–water partition coefficient (Wildman–Crippen LogP) is 2.93. The summed E-state index contributed by atoms with van der Waals surface area (Å²) in [6.45, 7) is 4.08. The number of rotatable bonds is 4. The molecule has 2 N–H and O–H groups in total. The van der Waals surface area contributed by atoms with Crippen molar-refractivity contribution in [1.82, 2.24) is 9.97 Å². The number of aromatic nitrogens is 2. The number of aliphatic imine (C=N–C) groups is 1. The fourth-order valence-electron chi connectivity index (χ4n) is 1.41. The van der Waals surface area contributed by atoms with Gasteiger partial charge in [0.2, 0.25) is 0 Å². The molecule has 88 valence electrons. The Hall–Kier alpha value is -2.10. The number of benzene rings is 1. The molecular weight excluding hydrogens is 212 g/mol. The van der Waals surface area contributed by atoms with Crippen molar-refractivity contribution >= 4 is 12.0 Å². The lowest BCUT2D eigenvalue weighted by Gasteiger charge is -2.02. The van der Waals surface area contributed by atoms with Crippen LogP contribution in [0.1, 0.15) is 13.8 Å². The Kier molecular flexibility index (Phi) is 3.55. The van der Waals surface area contributed by atoms with E-state index in [0.29, 0.717) is 6.04 Å². The summed E-state index contributed by atoms with van der Waals surface area (Å²) in [4.78, 5) is 11.5. The summed E-state index contributed by atoms with van der Waals surface area (Å²) < 4.78 is 0. The number of imidazole rings is 1. The summed E-state index contributed by atoms with van der Waals surface area (Å²) in [6, 6.07) is 8.35. The third-order valence-corrected chi connectivity index (χ3v) is 2.26. The lowest BCUT2D eigenvalue weighted by molar-refractivity contribution is 0.840. The minimum absolute atomic E-state index is 0.310. The highest BCUT2D eigenvalue weighted by molar-refractivity contribution is 5.76. The second-order valence-corrected chi connectivity index (χ2v) is 4.03. The molecular formula is C13H16N4. The van der Waals surface area contributed by atoms with Crippen LogP contribution in [0.25, 0.3) is 11.4 Å². The Balaban J connectivity index is 2.03. The third kappa shape index (κ3) is 3.17. The molecule has 0 unspecified atom stereocenters. The van der Waals surface area contributed by atoms with Crippen LogP contribution >= 0.6 is 0 Å². The lowest BCUT2D eigenvalue weighted by atomic mass is 10.2. The summed E-state index contributed by atoms with van der Waals surface area (Å²) in [5, 5.41) is 3.13. The van der Waals surface area contributed by atoms with Crippen molar-refractivity contribution in [3.63, 3.8) is 0 Å². The van der Waals surface area contributed by atoms with E-state index in [-0.39, 0.29) is 0 Å². The Morgan fingerprint density at radius 3 is 2.65 bits per heavy atom. The van der Waals surface area contributed by atoms with Gasteiger partial charge in [-0.15, -0.1) is 0 Å². The zero-order valence-corrected chi connectivity index (χ0v) is 10.0. The van der Waals surface area contributed by atoms with Crippen molar-refractivity contribution in [3.8, 4) is 11.4 Å². The first-order valence-electron chi connectivity index (χ1n) is 5.63. The standard InChI is InChI=1S/C13H16N4/c1-10(2)16-9-17-12-5-3-11(4-6-12)13-14-7-8-15-13/h3-10H,1-2H3,(H,14,15)(H,16,17). The van der Waals surface area contributed by atoms with Gasteiger partial charge in [0.05, 0.1) is 6.34 Å². The number of aromatic amines is 1. The second-order valence-electron chi connectivity index (χ2n) is 4.03. The molecule has 0 radical (unpaired) electrons. The average Bonchev–Trinajstić information content (AvgIpc) is 2.83. The number of H-pyrrole nitrogens is 1. The van der Waals surface area contributed by atoms with E-state index in [1.807, 2.05) is 44.3 Å². The monoisotopic (exact) mass is 228 g/mol. The Morgan fingerprint density at radius 1 is 1.29 bits per heavy atom. The topological polar surface area (TPSA) is 53.1 Å². The maximum absolute atomic E-state index is 4.24. The van der Waals surface area contributed by atoms with Gasteiger partial charge in [-0.2, -0.15) is 0 Å². The average molecular weight is 228 g/mol. The van der Waals surface area contributed by atoms with Crippen LogP contribution in [0.3, 0.4) is 0 Å². The van der Waals surface area contributed by atoms with Gasteiger partial charge in [-0.25, -0.2) is 4.98 Å². The van der Waals surface area contributed by atoms with Gasteiger partial charge >= 0.3 is 0 Å². The van der Waals surface area contributed by atoms with Crippen LogP contribution in [0.4, 0.5) is 5.69 Å². The molecule has 0 saturated heterocycles. The molecule has 0 bridgehead atoms. The molecule has 1 aromatic heterocycles. The van der Waals surface area contributed by atoms with E-state index in [9.17, 15) is 0 Å². The molecule has 0 aliphatic carbocycles. The Bertz CT molecular complexity index is 469. The van der Waals surface area contributed by atoms with Gasteiger partial charge in [-0.05, 0) is 38.1 Å². The van der Waals surface area contributed by atoms with E-state index < -0.39 is 0 Å². The van der Waals surface area contributed by atoms with Gasteiger partial charge in [0.25, 0.3) is 0 Å². The van der Waals surface area contributed by atoms with Crippen LogP contribution in [-0.4, -0.2) is 22.3 Å². The van der Waals surface area contributed by atoms with Gasteiger partial charge in [-0.1, -0.05) is 0 Å². The molecule has 0 atom stereocenters. The van der Waals surface area contributed by atoms with Crippen molar-refractivity contribution in [2.75, 3.05) is 5.32 Å². The maximum Gasteiger partial charge on any atom is 0.137 e. The minimum atomic E-state index is 0.310. The molecule has 0 amide bonds. The molecule has 2 rings (SSSR count). The van der Waals surface area contributed by atoms with E-state index in [1.165, 1.54) is 0 Å². The van der Waals surface area contributed by atoms with Crippen LogP contribution in [0.5, 0.6) is 0 Å². The zero-order valence-electron chi connectivity index (χ0n) is 10.0. The highest BCUT2D eigenvalue weighted by Crippen LogP contribution is 2.17. The summed E-state index contributed by atoms with van der Waals surface area (Å²) >= 11 is 0. The van der Waals surface area contributed by atoms with E-state index >= 15 is 0 Å². The van der Waals surface area contributed by atoms with Crippen LogP contribution in [0, 0.1) is 0 Å². The summed E-state index contributed by atoms with van der Waals surface area (Å²) in [5.41, 5.74) is 2.09. The van der Waals surface area contributed by atoms with Crippen LogP contribution in [0.15, 0.2) is 41.7 Å². The number of nitrogens with one attached hydrogen (secondary N) is 2. The molecule has 1 heterocycles. The Labute approximate surface area is 101 Å². The largest absolute Gasteiger partial charge is 0.347 e. The smallest absolute Gasteiger partial charge is 0.137 e. The molecule has 0 saturated carbocycles. The van der Waals surface area contributed by atoms with Gasteiger partial charge in [0, 0.05) is 29.7 Å². The van der Waals surface area contributed by atoms with Gasteiger partial charge in [0.1, 0.15) is 5.82 Å². The van der Waals surface area contributed by atoms with Crippen molar-refractivity contribution in [2.24, 2.45) is 4.99 Å². The van der Waals surface area contributed by atoms with Crippen molar-refractivity contribution in [3.05, 3.63) is 36.7 Å². The zero-order chi connectivity index (χ0) is 12.1. The predicted molar refractivity (Wildman–Crippen MR) is 71.3 cm³/mol. The van der Waals surface area contributed by atoms with Crippen molar-refractivity contribution in [1.29, 1.82) is 0 Å². The molecule has 0 spiro atoms. The minimum Gasteiger partial charge on any atom is -0.347 e. The summed E-state index contributed by atoms with van der Waals surface area (Å²) in [6.07, 6.45) is 5.29. The van der Waals surface area contributed by atoms with Crippen LogP contribution in [-0.2, 0) is 0 Å².